The molecule has 1 spiro atoms. The normalized spacial score (nSPS) is 22.5. The third kappa shape index (κ3) is 2.56. The number of anilines is 1. The number of hydrogen-bond donors (Lipinski definition) is 2. The van der Waals surface area contributed by atoms with Gasteiger partial charge in [-0.1, -0.05) is 17.7 Å². The summed E-state index contributed by atoms with van der Waals surface area (Å²) in [6, 6.07) is 6.30. The smallest absolute Gasteiger partial charge is 0.257 e. The van der Waals surface area contributed by atoms with Gasteiger partial charge < -0.3 is 15.5 Å². The van der Waals surface area contributed by atoms with Gasteiger partial charge in [0.1, 0.15) is 0 Å². The molecule has 1 amide bonds. The van der Waals surface area contributed by atoms with Crippen LogP contribution in [-0.4, -0.2) is 52.0 Å². The topological polar surface area (TPSA) is 70.2 Å². The molecule has 7 heteroatoms. The molecule has 1 unspecified atom stereocenters. The van der Waals surface area contributed by atoms with Crippen LogP contribution in [0.4, 0.5) is 5.95 Å². The highest BCUT2D eigenvalue weighted by Crippen LogP contribution is 2.35. The zero-order valence-electron chi connectivity index (χ0n) is 14.3. The first-order valence-corrected chi connectivity index (χ1v) is 9.39. The van der Waals surface area contributed by atoms with Gasteiger partial charge in [-0.2, -0.15) is 0 Å². The van der Waals surface area contributed by atoms with Gasteiger partial charge in [-0.3, -0.25) is 4.79 Å². The minimum atomic E-state index is 0.0345. The summed E-state index contributed by atoms with van der Waals surface area (Å²) < 4.78 is 0. The number of amides is 1. The van der Waals surface area contributed by atoms with Gasteiger partial charge in [0.25, 0.3) is 5.91 Å². The first-order valence-electron chi connectivity index (χ1n) is 9.02. The Hall–Kier alpha value is -2.18. The standard InChI is InChI=1S/C19H20ClN5O/c20-15-2-1-12-6-16(7-13(12)5-15)24-18-22-8-14(9-23-18)17(26)25-4-3-19(25)10-21-11-19/h1-2,5,8-9,16,21H,3-4,6-7,10-11H2,(H,22,23,24). The lowest BCUT2D eigenvalue weighted by molar-refractivity contribution is -0.0323. The van der Waals surface area contributed by atoms with Crippen molar-refractivity contribution in [3.63, 3.8) is 0 Å². The van der Waals surface area contributed by atoms with Crippen LogP contribution >= 0.6 is 11.6 Å². The summed E-state index contributed by atoms with van der Waals surface area (Å²) in [6.07, 6.45) is 6.19. The minimum Gasteiger partial charge on any atom is -0.351 e. The molecule has 6 nitrogen and oxygen atoms in total. The van der Waals surface area contributed by atoms with Gasteiger partial charge in [0.2, 0.25) is 5.95 Å². The number of halogens is 1. The number of likely N-dealkylation sites (tertiary alicyclic amines) is 1. The van der Waals surface area contributed by atoms with E-state index in [4.69, 9.17) is 11.6 Å². The first-order chi connectivity index (χ1) is 12.6. The molecular weight excluding hydrogens is 350 g/mol. The maximum absolute atomic E-state index is 12.7. The molecule has 2 N–H and O–H groups in total. The lowest BCUT2D eigenvalue weighted by Gasteiger charge is -2.58. The predicted molar refractivity (Wildman–Crippen MR) is 99.6 cm³/mol. The van der Waals surface area contributed by atoms with E-state index in [2.05, 4.69) is 26.7 Å². The molecular formula is C19H20ClN5O. The van der Waals surface area contributed by atoms with Crippen molar-refractivity contribution in [2.24, 2.45) is 0 Å². The van der Waals surface area contributed by atoms with E-state index in [1.165, 1.54) is 11.1 Å². The Balaban J connectivity index is 1.24. The van der Waals surface area contributed by atoms with Crippen LogP contribution in [-0.2, 0) is 12.8 Å². The number of benzene rings is 1. The van der Waals surface area contributed by atoms with Crippen molar-refractivity contribution >= 4 is 23.5 Å². The van der Waals surface area contributed by atoms with E-state index in [-0.39, 0.29) is 17.5 Å². The van der Waals surface area contributed by atoms with Crippen LogP contribution in [0.25, 0.3) is 0 Å². The van der Waals surface area contributed by atoms with Crippen LogP contribution in [0.3, 0.4) is 0 Å². The lowest BCUT2D eigenvalue weighted by Crippen LogP contribution is -2.76. The molecule has 0 saturated carbocycles. The Labute approximate surface area is 157 Å². The molecule has 26 heavy (non-hydrogen) atoms. The number of aromatic nitrogens is 2. The van der Waals surface area contributed by atoms with Crippen molar-refractivity contribution in [1.82, 2.24) is 20.2 Å². The van der Waals surface area contributed by atoms with Crippen LogP contribution in [0.2, 0.25) is 5.02 Å². The summed E-state index contributed by atoms with van der Waals surface area (Å²) in [7, 11) is 0. The second-order valence-corrected chi connectivity index (χ2v) is 7.93. The van der Waals surface area contributed by atoms with Crippen LogP contribution in [0.15, 0.2) is 30.6 Å². The van der Waals surface area contributed by atoms with E-state index in [1.807, 2.05) is 17.0 Å². The van der Waals surface area contributed by atoms with Gasteiger partial charge in [-0.25, -0.2) is 9.97 Å². The largest absolute Gasteiger partial charge is 0.351 e. The summed E-state index contributed by atoms with van der Waals surface area (Å²) in [6.45, 7) is 2.61. The fourth-order valence-corrected chi connectivity index (χ4v) is 4.37. The van der Waals surface area contributed by atoms with Crippen molar-refractivity contribution in [3.8, 4) is 0 Å². The van der Waals surface area contributed by atoms with Gasteiger partial charge in [-0.15, -0.1) is 0 Å². The van der Waals surface area contributed by atoms with Crippen molar-refractivity contribution in [3.05, 3.63) is 52.3 Å². The number of carbonyl (C=O) groups excluding carboxylic acids is 1. The molecule has 2 aromatic rings. The molecule has 2 saturated heterocycles. The van der Waals surface area contributed by atoms with E-state index in [0.29, 0.717) is 11.5 Å². The van der Waals surface area contributed by atoms with Crippen LogP contribution in [0.5, 0.6) is 0 Å². The van der Waals surface area contributed by atoms with E-state index < -0.39 is 0 Å². The Kier molecular flexibility index (Phi) is 3.65. The number of nitrogens with zero attached hydrogens (tertiary/aromatic N) is 3. The zero-order chi connectivity index (χ0) is 17.7. The number of hydrogen-bond acceptors (Lipinski definition) is 5. The fraction of sp³-hybridized carbons (Fsp3) is 0.421. The second-order valence-electron chi connectivity index (χ2n) is 7.49. The molecule has 2 aliphatic heterocycles. The molecule has 0 radical (unpaired) electrons. The highest BCUT2D eigenvalue weighted by molar-refractivity contribution is 6.30. The fourth-order valence-electron chi connectivity index (χ4n) is 4.18. The van der Waals surface area contributed by atoms with Gasteiger partial charge in [0, 0.05) is 43.1 Å². The SMILES string of the molecule is O=C(c1cnc(NC2Cc3ccc(Cl)cc3C2)nc1)N1CCC12CNC2. The van der Waals surface area contributed by atoms with Crippen molar-refractivity contribution < 1.29 is 4.79 Å². The highest BCUT2D eigenvalue weighted by atomic mass is 35.5. The molecule has 1 aromatic heterocycles. The summed E-state index contributed by atoms with van der Waals surface area (Å²) in [5.74, 6) is 0.598. The van der Waals surface area contributed by atoms with E-state index in [1.54, 1.807) is 12.4 Å². The van der Waals surface area contributed by atoms with Crippen LogP contribution in [0.1, 0.15) is 27.9 Å². The quantitative estimate of drug-likeness (QED) is 0.864. The molecule has 134 valence electrons. The third-order valence-corrected chi connectivity index (χ3v) is 6.09. The number of rotatable bonds is 3. The molecule has 2 fully saturated rings. The lowest BCUT2D eigenvalue weighted by atomic mass is 9.79. The van der Waals surface area contributed by atoms with E-state index in [9.17, 15) is 4.79 Å². The minimum absolute atomic E-state index is 0.0345. The summed E-state index contributed by atoms with van der Waals surface area (Å²) in [4.78, 5) is 23.3. The van der Waals surface area contributed by atoms with Gasteiger partial charge in [-0.05, 0) is 42.5 Å². The highest BCUT2D eigenvalue weighted by Gasteiger charge is 2.51. The maximum Gasteiger partial charge on any atom is 0.257 e. The average Bonchev–Trinajstić information content (AvgIpc) is 2.94. The van der Waals surface area contributed by atoms with Crippen molar-refractivity contribution in [2.75, 3.05) is 25.0 Å². The second kappa shape index (κ2) is 5.93. The summed E-state index contributed by atoms with van der Waals surface area (Å²) in [5.41, 5.74) is 3.20. The molecule has 0 bridgehead atoms. The van der Waals surface area contributed by atoms with Crippen LogP contribution < -0.4 is 10.6 Å². The Bertz CT molecular complexity index is 859. The Morgan fingerprint density at radius 2 is 2.00 bits per heavy atom. The Morgan fingerprint density at radius 1 is 1.23 bits per heavy atom. The van der Waals surface area contributed by atoms with E-state index >= 15 is 0 Å². The molecule has 1 aromatic carbocycles. The van der Waals surface area contributed by atoms with Crippen LogP contribution in [0, 0.1) is 0 Å². The van der Waals surface area contributed by atoms with Gasteiger partial charge in [0.15, 0.2) is 0 Å². The predicted octanol–water partition coefficient (Wildman–Crippen LogP) is 1.90. The molecule has 3 aliphatic rings. The number of fused-ring (bicyclic) bond motifs is 1. The van der Waals surface area contributed by atoms with E-state index in [0.717, 1.165) is 43.9 Å². The van der Waals surface area contributed by atoms with Gasteiger partial charge in [0.05, 0.1) is 11.1 Å². The maximum atomic E-state index is 12.7. The molecule has 3 heterocycles. The van der Waals surface area contributed by atoms with Crippen molar-refractivity contribution in [2.45, 2.75) is 30.8 Å². The van der Waals surface area contributed by atoms with Crippen molar-refractivity contribution in [1.29, 1.82) is 0 Å². The molecule has 1 aliphatic carbocycles. The van der Waals surface area contributed by atoms with Gasteiger partial charge >= 0.3 is 0 Å². The molecule has 5 rings (SSSR count). The number of nitrogens with one attached hydrogen (secondary N) is 2. The zero-order valence-corrected chi connectivity index (χ0v) is 15.1. The Morgan fingerprint density at radius 3 is 2.65 bits per heavy atom. The first kappa shape index (κ1) is 16.0. The molecule has 1 atom stereocenters. The number of carbonyl (C=O) groups is 1. The third-order valence-electron chi connectivity index (χ3n) is 5.86. The summed E-state index contributed by atoms with van der Waals surface area (Å²) >= 11 is 6.07. The average molecular weight is 370 g/mol. The summed E-state index contributed by atoms with van der Waals surface area (Å²) in [5, 5.41) is 7.40. The monoisotopic (exact) mass is 369 g/mol.